The Balaban J connectivity index is 1.31. The van der Waals surface area contributed by atoms with Crippen LogP contribution in [-0.2, 0) is 25.6 Å². The molecule has 2 aliphatic rings. The van der Waals surface area contributed by atoms with E-state index in [9.17, 15) is 24.0 Å². The van der Waals surface area contributed by atoms with Crippen LogP contribution in [0.4, 0.5) is 4.79 Å². The fourth-order valence-electron chi connectivity index (χ4n) is 5.80. The van der Waals surface area contributed by atoms with Crippen LogP contribution in [0.15, 0.2) is 18.2 Å². The Hall–Kier alpha value is -3.48. The zero-order valence-corrected chi connectivity index (χ0v) is 28.3. The molecule has 0 aliphatic carbocycles. The van der Waals surface area contributed by atoms with Gasteiger partial charge in [-0.25, -0.2) is 4.79 Å². The Morgan fingerprint density at radius 3 is 2.50 bits per heavy atom. The molecule has 46 heavy (non-hydrogen) atoms. The molecule has 5 amide bonds. The SMILES string of the molecule is COc1ccc(CCC(=O)N[C@@H](CC(C)C)C(=O)N[C@H](C=O)CCCCNC(=O)CCCC[C@@H]2SC[C@@H]3NC(=O)N[C@@H]32)cc1OC. The first-order valence-corrected chi connectivity index (χ1v) is 17.4. The third-order valence-corrected chi connectivity index (χ3v) is 9.79. The molecule has 2 fully saturated rings. The first-order chi connectivity index (χ1) is 22.1. The van der Waals surface area contributed by atoms with Crippen LogP contribution in [-0.4, -0.2) is 86.0 Å². The van der Waals surface area contributed by atoms with E-state index in [1.54, 1.807) is 20.3 Å². The summed E-state index contributed by atoms with van der Waals surface area (Å²) in [6, 6.07) is 4.39. The molecule has 0 unspecified atom stereocenters. The molecule has 2 aliphatic heterocycles. The Morgan fingerprint density at radius 1 is 1.00 bits per heavy atom. The molecule has 2 heterocycles. The van der Waals surface area contributed by atoms with Crippen molar-refractivity contribution in [3.8, 4) is 11.5 Å². The van der Waals surface area contributed by atoms with Gasteiger partial charge < -0.3 is 40.9 Å². The monoisotopic (exact) mass is 661 g/mol. The fourth-order valence-corrected chi connectivity index (χ4v) is 7.34. The first-order valence-electron chi connectivity index (χ1n) is 16.3. The van der Waals surface area contributed by atoms with Crippen LogP contribution >= 0.6 is 11.8 Å². The molecule has 0 radical (unpaired) electrons. The number of ether oxygens (including phenoxy) is 2. The maximum atomic E-state index is 13.1. The number of aldehydes is 1. The Kier molecular flexibility index (Phi) is 15.5. The second kappa shape index (κ2) is 19.2. The zero-order chi connectivity index (χ0) is 33.5. The van der Waals surface area contributed by atoms with Gasteiger partial charge in [0.05, 0.1) is 32.3 Å². The predicted molar refractivity (Wildman–Crippen MR) is 178 cm³/mol. The highest BCUT2D eigenvalue weighted by atomic mass is 32.2. The normalized spacial score (nSPS) is 19.8. The van der Waals surface area contributed by atoms with Gasteiger partial charge in [0.25, 0.3) is 0 Å². The lowest BCUT2D eigenvalue weighted by molar-refractivity contribution is -0.130. The second-order valence-corrected chi connectivity index (χ2v) is 13.7. The quantitative estimate of drug-likeness (QED) is 0.0763. The molecule has 2 saturated heterocycles. The highest BCUT2D eigenvalue weighted by Gasteiger charge is 2.42. The number of fused-ring (bicyclic) bond motifs is 1. The lowest BCUT2D eigenvalue weighted by Crippen LogP contribution is -2.50. The molecule has 0 spiro atoms. The molecular weight excluding hydrogens is 610 g/mol. The molecule has 3 rings (SSSR count). The lowest BCUT2D eigenvalue weighted by Gasteiger charge is -2.22. The van der Waals surface area contributed by atoms with E-state index < -0.39 is 12.1 Å². The van der Waals surface area contributed by atoms with Gasteiger partial charge in [0.1, 0.15) is 12.3 Å². The number of carbonyl (C=O) groups is 5. The van der Waals surface area contributed by atoms with Crippen molar-refractivity contribution >= 4 is 41.8 Å². The number of methoxy groups -OCH3 is 2. The number of benzene rings is 1. The molecule has 12 nitrogen and oxygen atoms in total. The Bertz CT molecular complexity index is 1180. The van der Waals surface area contributed by atoms with Crippen molar-refractivity contribution in [3.63, 3.8) is 0 Å². The summed E-state index contributed by atoms with van der Waals surface area (Å²) in [5.41, 5.74) is 0.908. The van der Waals surface area contributed by atoms with Gasteiger partial charge in [0, 0.05) is 30.4 Å². The average molecular weight is 662 g/mol. The zero-order valence-electron chi connectivity index (χ0n) is 27.5. The molecule has 0 saturated carbocycles. The van der Waals surface area contributed by atoms with Crippen LogP contribution in [0, 0.1) is 5.92 Å². The number of hydrogen-bond donors (Lipinski definition) is 5. The molecule has 1 aromatic rings. The van der Waals surface area contributed by atoms with Gasteiger partial charge in [0.2, 0.25) is 17.7 Å². The van der Waals surface area contributed by atoms with E-state index in [4.69, 9.17) is 9.47 Å². The highest BCUT2D eigenvalue weighted by Crippen LogP contribution is 2.33. The second-order valence-electron chi connectivity index (χ2n) is 12.4. The molecule has 0 bridgehead atoms. The molecule has 0 aromatic heterocycles. The van der Waals surface area contributed by atoms with E-state index in [2.05, 4.69) is 26.6 Å². The van der Waals surface area contributed by atoms with E-state index in [1.165, 1.54) is 0 Å². The van der Waals surface area contributed by atoms with Crippen LogP contribution in [0.1, 0.15) is 77.2 Å². The van der Waals surface area contributed by atoms with Crippen molar-refractivity contribution in [1.29, 1.82) is 0 Å². The van der Waals surface area contributed by atoms with Crippen molar-refractivity contribution in [1.82, 2.24) is 26.6 Å². The van der Waals surface area contributed by atoms with Crippen molar-refractivity contribution in [2.45, 2.75) is 107 Å². The van der Waals surface area contributed by atoms with Gasteiger partial charge in [0.15, 0.2) is 11.5 Å². The van der Waals surface area contributed by atoms with E-state index in [-0.39, 0.29) is 48.2 Å². The predicted octanol–water partition coefficient (Wildman–Crippen LogP) is 2.86. The van der Waals surface area contributed by atoms with Gasteiger partial charge in [-0.3, -0.25) is 14.4 Å². The summed E-state index contributed by atoms with van der Waals surface area (Å²) in [6.45, 7) is 4.45. The van der Waals surface area contributed by atoms with Crippen molar-refractivity contribution in [3.05, 3.63) is 23.8 Å². The molecule has 5 atom stereocenters. The maximum absolute atomic E-state index is 13.1. The Labute approximate surface area is 276 Å². The number of urea groups is 1. The van der Waals surface area contributed by atoms with Crippen molar-refractivity contribution < 1.29 is 33.4 Å². The standard InChI is InChI=1S/C33H51N5O7S/c1-21(2)17-24(36-30(41)15-13-22-12-14-26(44-3)27(18-22)45-4)32(42)35-23(19-39)9-7-8-16-34-29(40)11-6-5-10-28-31-25(20-46-28)37-33(43)38-31/h12,14,18-19,21,23-25,28,31H,5-11,13,15-17,20H2,1-4H3,(H,34,40)(H,35,42)(H,36,41)(H2,37,38,43)/t23-,24-,25-,28-,31-/m0/s1. The molecule has 1 aromatic carbocycles. The number of carbonyl (C=O) groups excluding carboxylic acids is 5. The summed E-state index contributed by atoms with van der Waals surface area (Å²) in [5.74, 6) is 1.66. The summed E-state index contributed by atoms with van der Waals surface area (Å²) in [6.07, 6.45) is 6.76. The fraction of sp³-hybridized carbons (Fsp3) is 0.667. The third-order valence-electron chi connectivity index (χ3n) is 8.28. The van der Waals surface area contributed by atoms with Crippen LogP contribution in [0.5, 0.6) is 11.5 Å². The van der Waals surface area contributed by atoms with Crippen LogP contribution in [0.25, 0.3) is 0 Å². The summed E-state index contributed by atoms with van der Waals surface area (Å²) in [4.78, 5) is 61.4. The molecule has 13 heteroatoms. The van der Waals surface area contributed by atoms with Gasteiger partial charge in [-0.05, 0) is 68.6 Å². The van der Waals surface area contributed by atoms with E-state index in [0.717, 1.165) is 36.9 Å². The minimum atomic E-state index is -0.748. The topological polar surface area (TPSA) is 164 Å². The first kappa shape index (κ1) is 37.0. The third kappa shape index (κ3) is 12.0. The average Bonchev–Trinajstić information content (AvgIpc) is 3.59. The smallest absolute Gasteiger partial charge is 0.315 e. The summed E-state index contributed by atoms with van der Waals surface area (Å²) in [7, 11) is 3.12. The number of amides is 5. The molecule has 256 valence electrons. The molecular formula is C33H51N5O7S. The van der Waals surface area contributed by atoms with Gasteiger partial charge in [-0.1, -0.05) is 26.3 Å². The van der Waals surface area contributed by atoms with Gasteiger partial charge in [-0.2, -0.15) is 11.8 Å². The largest absolute Gasteiger partial charge is 0.493 e. The van der Waals surface area contributed by atoms with E-state index >= 15 is 0 Å². The van der Waals surface area contributed by atoms with Crippen LogP contribution in [0.3, 0.4) is 0 Å². The van der Waals surface area contributed by atoms with Crippen molar-refractivity contribution in [2.75, 3.05) is 26.5 Å². The number of hydrogen-bond acceptors (Lipinski definition) is 8. The van der Waals surface area contributed by atoms with Gasteiger partial charge >= 0.3 is 6.03 Å². The minimum absolute atomic E-state index is 0.00595. The highest BCUT2D eigenvalue weighted by molar-refractivity contribution is 8.00. The lowest BCUT2D eigenvalue weighted by atomic mass is 10.0. The number of unbranched alkanes of at least 4 members (excludes halogenated alkanes) is 2. The Morgan fingerprint density at radius 2 is 1.78 bits per heavy atom. The summed E-state index contributed by atoms with van der Waals surface area (Å²) < 4.78 is 10.6. The number of rotatable bonds is 21. The summed E-state index contributed by atoms with van der Waals surface area (Å²) >= 11 is 1.88. The van der Waals surface area contributed by atoms with Gasteiger partial charge in [-0.15, -0.1) is 0 Å². The number of thioether (sulfide) groups is 1. The van der Waals surface area contributed by atoms with Crippen molar-refractivity contribution in [2.24, 2.45) is 5.92 Å². The van der Waals surface area contributed by atoms with E-state index in [0.29, 0.717) is 61.8 Å². The number of aryl methyl sites for hydroxylation is 1. The number of nitrogens with one attached hydrogen (secondary N) is 5. The van der Waals surface area contributed by atoms with E-state index in [1.807, 2.05) is 37.7 Å². The summed E-state index contributed by atoms with van der Waals surface area (Å²) in [5, 5.41) is 14.9. The van der Waals surface area contributed by atoms with Crippen LogP contribution in [0.2, 0.25) is 0 Å². The molecule has 5 N–H and O–H groups in total. The maximum Gasteiger partial charge on any atom is 0.315 e. The van der Waals surface area contributed by atoms with Crippen LogP contribution < -0.4 is 36.1 Å². The minimum Gasteiger partial charge on any atom is -0.493 e.